The third-order valence-electron chi connectivity index (χ3n) is 4.13. The molecule has 0 bridgehead atoms. The molecule has 0 aliphatic carbocycles. The summed E-state index contributed by atoms with van der Waals surface area (Å²) in [6.45, 7) is 2.24. The first-order valence-electron chi connectivity index (χ1n) is 7.57. The molecule has 0 aliphatic rings. The van der Waals surface area contributed by atoms with Crippen molar-refractivity contribution in [2.24, 2.45) is 0 Å². The predicted octanol–water partition coefficient (Wildman–Crippen LogP) is 5.51. The van der Waals surface area contributed by atoms with Crippen molar-refractivity contribution < 1.29 is 4.74 Å². The summed E-state index contributed by atoms with van der Waals surface area (Å²) in [5.41, 5.74) is 5.13. The van der Waals surface area contributed by atoms with Crippen LogP contribution in [0, 0.1) is 0 Å². The molecule has 1 nitrogen and oxygen atoms in total. The monoisotopic (exact) mass is 288 g/mol. The molecule has 0 radical (unpaired) electrons. The minimum atomic E-state index is 0.371. The zero-order valence-electron chi connectivity index (χ0n) is 13.0. The van der Waals surface area contributed by atoms with E-state index in [-0.39, 0.29) is 0 Å². The molecular weight excluding hydrogens is 268 g/mol. The fourth-order valence-corrected chi connectivity index (χ4v) is 2.68. The lowest BCUT2D eigenvalue weighted by molar-refractivity contribution is 0.414. The Labute approximate surface area is 132 Å². The number of methoxy groups -OCH3 is 1. The number of hydrogen-bond donors (Lipinski definition) is 0. The molecule has 22 heavy (non-hydrogen) atoms. The Balaban J connectivity index is 1.82. The Morgan fingerprint density at radius 3 is 1.68 bits per heavy atom. The van der Waals surface area contributed by atoms with Crippen LogP contribution in [0.5, 0.6) is 5.75 Å². The van der Waals surface area contributed by atoms with Crippen LogP contribution >= 0.6 is 0 Å². The van der Waals surface area contributed by atoms with Crippen molar-refractivity contribution >= 4 is 0 Å². The van der Waals surface area contributed by atoms with E-state index in [0.29, 0.717) is 5.92 Å². The number of rotatable bonds is 4. The predicted molar refractivity (Wildman–Crippen MR) is 92.4 cm³/mol. The third-order valence-corrected chi connectivity index (χ3v) is 4.13. The number of benzene rings is 3. The highest BCUT2D eigenvalue weighted by atomic mass is 16.5. The van der Waals surface area contributed by atoms with Gasteiger partial charge in [-0.05, 0) is 34.4 Å². The van der Waals surface area contributed by atoms with Gasteiger partial charge in [0, 0.05) is 5.92 Å². The van der Waals surface area contributed by atoms with Gasteiger partial charge >= 0.3 is 0 Å². The fourth-order valence-electron chi connectivity index (χ4n) is 2.68. The van der Waals surface area contributed by atoms with Gasteiger partial charge in [-0.1, -0.05) is 73.7 Å². The molecule has 0 N–H and O–H groups in total. The summed E-state index contributed by atoms with van der Waals surface area (Å²) in [6, 6.07) is 27.6. The highest BCUT2D eigenvalue weighted by Gasteiger charge is 2.08. The van der Waals surface area contributed by atoms with E-state index in [1.807, 2.05) is 18.2 Å². The summed E-state index contributed by atoms with van der Waals surface area (Å²) >= 11 is 0. The van der Waals surface area contributed by atoms with Crippen LogP contribution in [0.15, 0.2) is 78.9 Å². The number of hydrogen-bond acceptors (Lipinski definition) is 1. The number of ether oxygens (including phenoxy) is 1. The second-order valence-corrected chi connectivity index (χ2v) is 5.48. The second kappa shape index (κ2) is 6.48. The first kappa shape index (κ1) is 14.4. The van der Waals surface area contributed by atoms with Crippen LogP contribution in [-0.4, -0.2) is 7.11 Å². The standard InChI is InChI=1S/C21H20O/c1-16(18-12-14-21(22-2)15-13-18)17-8-10-20(11-9-17)19-6-4-3-5-7-19/h3-16H,1-2H3/t16-/m1/s1. The maximum absolute atomic E-state index is 5.22. The molecule has 0 fully saturated rings. The Hall–Kier alpha value is -2.54. The van der Waals surface area contributed by atoms with Crippen molar-refractivity contribution in [3.05, 3.63) is 90.0 Å². The fraction of sp³-hybridized carbons (Fsp3) is 0.143. The Kier molecular flexibility index (Phi) is 4.24. The zero-order valence-corrected chi connectivity index (χ0v) is 13.0. The van der Waals surface area contributed by atoms with Crippen LogP contribution in [0.4, 0.5) is 0 Å². The molecule has 0 saturated heterocycles. The molecule has 0 aromatic heterocycles. The SMILES string of the molecule is COc1ccc([C@H](C)c2ccc(-c3ccccc3)cc2)cc1. The summed E-state index contributed by atoms with van der Waals surface area (Å²) in [7, 11) is 1.70. The van der Waals surface area contributed by atoms with Crippen LogP contribution in [0.3, 0.4) is 0 Å². The van der Waals surface area contributed by atoms with E-state index in [0.717, 1.165) is 5.75 Å². The second-order valence-electron chi connectivity index (χ2n) is 5.48. The lowest BCUT2D eigenvalue weighted by Crippen LogP contribution is -1.96. The van der Waals surface area contributed by atoms with Gasteiger partial charge in [0.1, 0.15) is 5.75 Å². The van der Waals surface area contributed by atoms with E-state index in [9.17, 15) is 0 Å². The van der Waals surface area contributed by atoms with Crippen LogP contribution in [0.2, 0.25) is 0 Å². The molecule has 0 amide bonds. The first-order valence-corrected chi connectivity index (χ1v) is 7.57. The van der Waals surface area contributed by atoms with Crippen molar-refractivity contribution in [2.75, 3.05) is 7.11 Å². The van der Waals surface area contributed by atoms with Gasteiger partial charge in [-0.3, -0.25) is 0 Å². The normalized spacial score (nSPS) is 11.9. The van der Waals surface area contributed by atoms with Crippen molar-refractivity contribution in [1.82, 2.24) is 0 Å². The molecule has 3 rings (SSSR count). The summed E-state index contributed by atoms with van der Waals surface area (Å²) in [5.74, 6) is 1.27. The largest absolute Gasteiger partial charge is 0.497 e. The minimum absolute atomic E-state index is 0.371. The molecule has 0 heterocycles. The highest BCUT2D eigenvalue weighted by Crippen LogP contribution is 2.28. The van der Waals surface area contributed by atoms with E-state index >= 15 is 0 Å². The maximum atomic E-state index is 5.22. The van der Waals surface area contributed by atoms with Crippen LogP contribution in [-0.2, 0) is 0 Å². The Bertz CT molecular complexity index is 712. The molecule has 0 aliphatic heterocycles. The summed E-state index contributed by atoms with van der Waals surface area (Å²) in [6.07, 6.45) is 0. The average Bonchev–Trinajstić information content (AvgIpc) is 2.62. The molecular formula is C21H20O. The van der Waals surface area contributed by atoms with Crippen LogP contribution in [0.1, 0.15) is 24.0 Å². The van der Waals surface area contributed by atoms with Crippen molar-refractivity contribution in [1.29, 1.82) is 0 Å². The average molecular weight is 288 g/mol. The maximum Gasteiger partial charge on any atom is 0.118 e. The van der Waals surface area contributed by atoms with Crippen LogP contribution < -0.4 is 4.74 Å². The zero-order chi connectivity index (χ0) is 15.4. The Morgan fingerprint density at radius 1 is 0.636 bits per heavy atom. The van der Waals surface area contributed by atoms with E-state index < -0.39 is 0 Å². The van der Waals surface area contributed by atoms with Gasteiger partial charge in [-0.2, -0.15) is 0 Å². The molecule has 0 unspecified atom stereocenters. The molecule has 3 aromatic rings. The van der Waals surface area contributed by atoms with Gasteiger partial charge in [0.15, 0.2) is 0 Å². The van der Waals surface area contributed by atoms with E-state index in [2.05, 4.69) is 67.6 Å². The van der Waals surface area contributed by atoms with Gasteiger partial charge in [0.05, 0.1) is 7.11 Å². The minimum Gasteiger partial charge on any atom is -0.497 e. The van der Waals surface area contributed by atoms with Gasteiger partial charge < -0.3 is 4.74 Å². The topological polar surface area (TPSA) is 9.23 Å². The van der Waals surface area contributed by atoms with Crippen molar-refractivity contribution in [3.8, 4) is 16.9 Å². The van der Waals surface area contributed by atoms with Crippen molar-refractivity contribution in [3.63, 3.8) is 0 Å². The molecule has 3 aromatic carbocycles. The summed E-state index contributed by atoms with van der Waals surface area (Å²) in [4.78, 5) is 0. The van der Waals surface area contributed by atoms with Gasteiger partial charge in [0.2, 0.25) is 0 Å². The van der Waals surface area contributed by atoms with Crippen LogP contribution in [0.25, 0.3) is 11.1 Å². The van der Waals surface area contributed by atoms with E-state index in [1.165, 1.54) is 22.3 Å². The quantitative estimate of drug-likeness (QED) is 0.614. The highest BCUT2D eigenvalue weighted by molar-refractivity contribution is 5.63. The van der Waals surface area contributed by atoms with Crippen molar-refractivity contribution in [2.45, 2.75) is 12.8 Å². The summed E-state index contributed by atoms with van der Waals surface area (Å²) in [5, 5.41) is 0. The van der Waals surface area contributed by atoms with Gasteiger partial charge in [-0.25, -0.2) is 0 Å². The third kappa shape index (κ3) is 3.04. The van der Waals surface area contributed by atoms with E-state index in [1.54, 1.807) is 7.11 Å². The first-order chi connectivity index (χ1) is 10.8. The molecule has 0 spiro atoms. The molecule has 0 saturated carbocycles. The molecule has 110 valence electrons. The van der Waals surface area contributed by atoms with Gasteiger partial charge in [-0.15, -0.1) is 0 Å². The Morgan fingerprint density at radius 2 is 1.14 bits per heavy atom. The molecule has 1 heteroatoms. The summed E-state index contributed by atoms with van der Waals surface area (Å²) < 4.78 is 5.22. The van der Waals surface area contributed by atoms with Gasteiger partial charge in [0.25, 0.3) is 0 Å². The lowest BCUT2D eigenvalue weighted by Gasteiger charge is -2.14. The molecule has 1 atom stereocenters. The van der Waals surface area contributed by atoms with E-state index in [4.69, 9.17) is 4.74 Å². The lowest BCUT2D eigenvalue weighted by atomic mass is 9.92. The smallest absolute Gasteiger partial charge is 0.118 e.